The van der Waals surface area contributed by atoms with Crippen LogP contribution in [0.4, 0.5) is 23.5 Å². The molecule has 0 radical (unpaired) electrons. The molecule has 9 heteroatoms. The van der Waals surface area contributed by atoms with E-state index in [2.05, 4.69) is 40.8 Å². The standard InChI is InChI=1S/C16H26N8O/c1-5-10(25)8-19-15-20-11-12(13(17-2)22-15)21-16(23-14(11)18-3)24(4)9-6-7-9/h9-10,25H,5-8H2,1-4H3,(H,18,21,23)(H2,17,19,20,22). The normalized spacial score (nSPS) is 15.1. The molecular formula is C16H26N8O. The number of hydrogen-bond donors (Lipinski definition) is 4. The van der Waals surface area contributed by atoms with Gasteiger partial charge in [-0.05, 0) is 19.3 Å². The summed E-state index contributed by atoms with van der Waals surface area (Å²) in [6.45, 7) is 2.32. The van der Waals surface area contributed by atoms with Crippen molar-refractivity contribution in [1.29, 1.82) is 0 Å². The van der Waals surface area contributed by atoms with E-state index in [1.54, 1.807) is 7.05 Å². The van der Waals surface area contributed by atoms with Gasteiger partial charge in [0, 0.05) is 33.7 Å². The molecule has 1 aliphatic rings. The fourth-order valence-electron chi connectivity index (χ4n) is 2.57. The fraction of sp³-hybridized carbons (Fsp3) is 0.625. The highest BCUT2D eigenvalue weighted by Crippen LogP contribution is 2.32. The number of aromatic nitrogens is 4. The first-order valence-electron chi connectivity index (χ1n) is 8.67. The van der Waals surface area contributed by atoms with E-state index in [1.807, 2.05) is 21.0 Å². The summed E-state index contributed by atoms with van der Waals surface area (Å²) in [6.07, 6.45) is 2.57. The first-order valence-corrected chi connectivity index (χ1v) is 8.67. The van der Waals surface area contributed by atoms with Gasteiger partial charge >= 0.3 is 0 Å². The highest BCUT2D eigenvalue weighted by molar-refractivity contribution is 5.94. The Bertz CT molecular complexity index is 748. The number of aliphatic hydroxyl groups excluding tert-OH is 1. The quantitative estimate of drug-likeness (QED) is 0.561. The monoisotopic (exact) mass is 346 g/mol. The maximum atomic E-state index is 9.74. The Morgan fingerprint density at radius 2 is 1.72 bits per heavy atom. The molecule has 1 atom stereocenters. The molecule has 0 aromatic carbocycles. The lowest BCUT2D eigenvalue weighted by Crippen LogP contribution is -2.23. The largest absolute Gasteiger partial charge is 0.391 e. The van der Waals surface area contributed by atoms with Crippen LogP contribution in [0.3, 0.4) is 0 Å². The molecule has 0 bridgehead atoms. The second-order valence-corrected chi connectivity index (χ2v) is 6.25. The third kappa shape index (κ3) is 3.65. The molecule has 0 spiro atoms. The van der Waals surface area contributed by atoms with Gasteiger partial charge in [0.25, 0.3) is 0 Å². The van der Waals surface area contributed by atoms with Crippen molar-refractivity contribution in [1.82, 2.24) is 19.9 Å². The topological polar surface area (TPSA) is 111 Å². The fourth-order valence-corrected chi connectivity index (χ4v) is 2.57. The number of nitrogens with zero attached hydrogens (tertiary/aromatic N) is 5. The van der Waals surface area contributed by atoms with Gasteiger partial charge in [-0.2, -0.15) is 9.97 Å². The molecule has 1 unspecified atom stereocenters. The molecule has 2 heterocycles. The van der Waals surface area contributed by atoms with Crippen LogP contribution in [0.25, 0.3) is 11.0 Å². The van der Waals surface area contributed by atoms with Crippen LogP contribution >= 0.6 is 0 Å². The Morgan fingerprint density at radius 3 is 2.32 bits per heavy atom. The third-order valence-corrected chi connectivity index (χ3v) is 4.38. The summed E-state index contributed by atoms with van der Waals surface area (Å²) in [5.41, 5.74) is 1.31. The van der Waals surface area contributed by atoms with Crippen molar-refractivity contribution in [2.75, 3.05) is 48.5 Å². The Hall–Kier alpha value is -2.42. The lowest BCUT2D eigenvalue weighted by atomic mass is 10.3. The van der Waals surface area contributed by atoms with Crippen molar-refractivity contribution in [2.24, 2.45) is 0 Å². The van der Waals surface area contributed by atoms with E-state index in [1.165, 1.54) is 12.8 Å². The van der Waals surface area contributed by atoms with Crippen molar-refractivity contribution < 1.29 is 5.11 Å². The zero-order valence-corrected chi connectivity index (χ0v) is 15.2. The van der Waals surface area contributed by atoms with Crippen molar-refractivity contribution in [3.63, 3.8) is 0 Å². The molecule has 0 aliphatic heterocycles. The van der Waals surface area contributed by atoms with Crippen molar-refractivity contribution >= 4 is 34.6 Å². The maximum absolute atomic E-state index is 9.74. The summed E-state index contributed by atoms with van der Waals surface area (Å²) in [5, 5.41) is 19.0. The van der Waals surface area contributed by atoms with E-state index < -0.39 is 6.10 Å². The number of rotatable bonds is 8. The second kappa shape index (κ2) is 7.22. The first-order chi connectivity index (χ1) is 12.1. The lowest BCUT2D eigenvalue weighted by molar-refractivity contribution is 0.183. The Morgan fingerprint density at radius 1 is 1.08 bits per heavy atom. The van der Waals surface area contributed by atoms with E-state index in [0.29, 0.717) is 53.6 Å². The average molecular weight is 346 g/mol. The Balaban J connectivity index is 2.02. The second-order valence-electron chi connectivity index (χ2n) is 6.25. The van der Waals surface area contributed by atoms with Gasteiger partial charge in [-0.1, -0.05) is 6.92 Å². The van der Waals surface area contributed by atoms with Crippen LogP contribution in [0, 0.1) is 0 Å². The Labute approximate surface area is 147 Å². The zero-order valence-electron chi connectivity index (χ0n) is 15.2. The number of fused-ring (bicyclic) bond motifs is 1. The summed E-state index contributed by atoms with van der Waals surface area (Å²) in [6, 6.07) is 0.512. The van der Waals surface area contributed by atoms with Gasteiger partial charge in [0.15, 0.2) is 11.6 Å². The lowest BCUT2D eigenvalue weighted by Gasteiger charge is -2.19. The minimum Gasteiger partial charge on any atom is -0.391 e. The predicted octanol–water partition coefficient (Wildman–Crippen LogP) is 1.28. The van der Waals surface area contributed by atoms with Gasteiger partial charge in [0.1, 0.15) is 11.0 Å². The number of hydrogen-bond acceptors (Lipinski definition) is 9. The Kier molecular flexibility index (Phi) is 5.03. The summed E-state index contributed by atoms with van der Waals surface area (Å²) >= 11 is 0. The van der Waals surface area contributed by atoms with E-state index in [-0.39, 0.29) is 0 Å². The zero-order chi connectivity index (χ0) is 18.0. The number of nitrogens with one attached hydrogen (secondary N) is 3. The molecule has 1 saturated carbocycles. The number of anilines is 4. The van der Waals surface area contributed by atoms with E-state index in [0.717, 1.165) is 0 Å². The van der Waals surface area contributed by atoms with Crippen LogP contribution in [0.2, 0.25) is 0 Å². The maximum Gasteiger partial charge on any atom is 0.228 e. The summed E-state index contributed by atoms with van der Waals surface area (Å²) in [7, 11) is 5.63. The van der Waals surface area contributed by atoms with Gasteiger partial charge in [0.2, 0.25) is 11.9 Å². The average Bonchev–Trinajstić information content (AvgIpc) is 3.48. The van der Waals surface area contributed by atoms with Crippen LogP contribution in [0.15, 0.2) is 0 Å². The van der Waals surface area contributed by atoms with Crippen LogP contribution in [-0.4, -0.2) is 64.9 Å². The van der Waals surface area contributed by atoms with E-state index in [4.69, 9.17) is 0 Å². The van der Waals surface area contributed by atoms with Crippen molar-refractivity contribution in [3.05, 3.63) is 0 Å². The SMILES string of the molecule is CCC(O)CNc1nc(NC)c2nc(N(C)C3CC3)nc(NC)c2n1. The van der Waals surface area contributed by atoms with Gasteiger partial charge in [-0.3, -0.25) is 0 Å². The molecule has 25 heavy (non-hydrogen) atoms. The minimum absolute atomic E-state index is 0.392. The van der Waals surface area contributed by atoms with Crippen LogP contribution in [0.5, 0.6) is 0 Å². The predicted molar refractivity (Wildman–Crippen MR) is 100 cm³/mol. The molecule has 2 aromatic rings. The molecule has 3 rings (SSSR count). The van der Waals surface area contributed by atoms with E-state index >= 15 is 0 Å². The third-order valence-electron chi connectivity index (χ3n) is 4.38. The highest BCUT2D eigenvalue weighted by Gasteiger charge is 2.29. The summed E-state index contributed by atoms with van der Waals surface area (Å²) < 4.78 is 0. The van der Waals surface area contributed by atoms with Gasteiger partial charge in [0.05, 0.1) is 6.10 Å². The molecule has 136 valence electrons. The number of aliphatic hydroxyl groups is 1. The molecule has 9 nitrogen and oxygen atoms in total. The van der Waals surface area contributed by atoms with Crippen LogP contribution in [0.1, 0.15) is 26.2 Å². The highest BCUT2D eigenvalue weighted by atomic mass is 16.3. The minimum atomic E-state index is -0.438. The summed E-state index contributed by atoms with van der Waals surface area (Å²) in [4.78, 5) is 20.4. The van der Waals surface area contributed by atoms with Crippen molar-refractivity contribution in [2.45, 2.75) is 38.3 Å². The molecule has 2 aromatic heterocycles. The first kappa shape index (κ1) is 17.4. The summed E-state index contributed by atoms with van der Waals surface area (Å²) in [5.74, 6) is 2.39. The molecule has 0 saturated heterocycles. The van der Waals surface area contributed by atoms with E-state index in [9.17, 15) is 5.11 Å². The molecular weight excluding hydrogens is 320 g/mol. The van der Waals surface area contributed by atoms with Crippen molar-refractivity contribution in [3.8, 4) is 0 Å². The van der Waals surface area contributed by atoms with Gasteiger partial charge < -0.3 is 26.0 Å². The molecule has 0 amide bonds. The van der Waals surface area contributed by atoms with Gasteiger partial charge in [-0.25, -0.2) is 9.97 Å². The molecule has 1 fully saturated rings. The van der Waals surface area contributed by atoms with Gasteiger partial charge in [-0.15, -0.1) is 0 Å². The molecule has 4 N–H and O–H groups in total. The van der Waals surface area contributed by atoms with Crippen LogP contribution in [-0.2, 0) is 0 Å². The molecule has 1 aliphatic carbocycles. The smallest absolute Gasteiger partial charge is 0.228 e. The van der Waals surface area contributed by atoms with Crippen LogP contribution < -0.4 is 20.9 Å².